The van der Waals surface area contributed by atoms with Gasteiger partial charge in [-0.2, -0.15) is 14.9 Å². The molecule has 28 heavy (non-hydrogen) atoms. The van der Waals surface area contributed by atoms with Gasteiger partial charge in [-0.25, -0.2) is 9.79 Å². The molecule has 0 bridgehead atoms. The number of ether oxygens (including phenoxy) is 1. The summed E-state index contributed by atoms with van der Waals surface area (Å²) in [7, 11) is 0. The van der Waals surface area contributed by atoms with E-state index in [1.165, 1.54) is 6.07 Å². The summed E-state index contributed by atoms with van der Waals surface area (Å²) in [6.45, 7) is 0. The van der Waals surface area contributed by atoms with Crippen molar-refractivity contribution in [3.63, 3.8) is 0 Å². The third kappa shape index (κ3) is 2.74. The van der Waals surface area contributed by atoms with Crippen molar-refractivity contribution in [3.05, 3.63) is 62.5 Å². The molecule has 0 saturated carbocycles. The molecule has 0 spiro atoms. The first kappa shape index (κ1) is 17.6. The van der Waals surface area contributed by atoms with Gasteiger partial charge >= 0.3 is 5.97 Å². The van der Waals surface area contributed by atoms with E-state index in [-0.39, 0.29) is 28.9 Å². The molecular weight excluding hydrogens is 386 g/mol. The van der Waals surface area contributed by atoms with E-state index >= 15 is 0 Å². The molecule has 0 amide bonds. The molecular formula is C17H12ClN7O3. The molecule has 0 radical (unpaired) electrons. The SMILES string of the molecule is N#CC1=C(N)C2C(=NC(n3[nH]c(N)cc3=O)=NC2c2ccc(Cl)cc2)OC1=O. The van der Waals surface area contributed by atoms with Crippen molar-refractivity contribution in [2.75, 3.05) is 5.73 Å². The number of anilines is 1. The van der Waals surface area contributed by atoms with Crippen molar-refractivity contribution in [1.82, 2.24) is 9.78 Å². The molecule has 0 saturated heterocycles. The molecule has 3 heterocycles. The highest BCUT2D eigenvalue weighted by molar-refractivity contribution is 6.30. The normalized spacial score (nSPS) is 21.4. The van der Waals surface area contributed by atoms with Crippen LogP contribution in [0.1, 0.15) is 11.6 Å². The highest BCUT2D eigenvalue weighted by Crippen LogP contribution is 2.38. The molecule has 2 atom stereocenters. The van der Waals surface area contributed by atoms with Gasteiger partial charge in [-0.3, -0.25) is 9.89 Å². The lowest BCUT2D eigenvalue weighted by molar-refractivity contribution is -0.131. The number of halogens is 1. The predicted molar refractivity (Wildman–Crippen MR) is 100 cm³/mol. The van der Waals surface area contributed by atoms with Crippen LogP contribution in [0.4, 0.5) is 5.82 Å². The summed E-state index contributed by atoms with van der Waals surface area (Å²) in [5.74, 6) is -1.71. The number of hydrogen-bond acceptors (Lipinski definition) is 8. The maximum Gasteiger partial charge on any atom is 0.357 e. The van der Waals surface area contributed by atoms with E-state index in [0.717, 1.165) is 4.68 Å². The van der Waals surface area contributed by atoms with E-state index in [9.17, 15) is 14.9 Å². The molecule has 0 aliphatic carbocycles. The fraction of sp³-hybridized carbons (Fsp3) is 0.118. The number of esters is 1. The van der Waals surface area contributed by atoms with Crippen LogP contribution >= 0.6 is 11.6 Å². The summed E-state index contributed by atoms with van der Waals surface area (Å²) in [6, 6.07) is 8.97. The molecule has 2 aliphatic heterocycles. The fourth-order valence-electron chi connectivity index (χ4n) is 3.05. The van der Waals surface area contributed by atoms with E-state index < -0.39 is 23.5 Å². The maximum absolute atomic E-state index is 12.1. The lowest BCUT2D eigenvalue weighted by Crippen LogP contribution is -2.41. The number of rotatable bonds is 1. The Bertz CT molecular complexity index is 1180. The van der Waals surface area contributed by atoms with Crippen molar-refractivity contribution >= 4 is 35.2 Å². The molecule has 2 unspecified atom stereocenters. The summed E-state index contributed by atoms with van der Waals surface area (Å²) in [5.41, 5.74) is 11.6. The maximum atomic E-state index is 12.1. The highest BCUT2D eigenvalue weighted by atomic mass is 35.5. The smallest absolute Gasteiger partial charge is 0.357 e. The summed E-state index contributed by atoms with van der Waals surface area (Å²) < 4.78 is 6.24. The molecule has 140 valence electrons. The van der Waals surface area contributed by atoms with Gasteiger partial charge in [0.15, 0.2) is 5.57 Å². The summed E-state index contributed by atoms with van der Waals surface area (Å²) in [5, 5.41) is 12.4. The van der Waals surface area contributed by atoms with Crippen LogP contribution in [0.3, 0.4) is 0 Å². The first-order valence-corrected chi connectivity index (χ1v) is 8.38. The monoisotopic (exact) mass is 397 g/mol. The number of nitrogens with one attached hydrogen (secondary N) is 1. The Labute approximate surface area is 162 Å². The number of nitriles is 1. The number of H-pyrrole nitrogens is 1. The molecule has 2 aromatic rings. The molecule has 5 N–H and O–H groups in total. The van der Waals surface area contributed by atoms with Crippen LogP contribution < -0.4 is 17.0 Å². The van der Waals surface area contributed by atoms with Gasteiger partial charge in [-0.15, -0.1) is 0 Å². The Kier molecular flexibility index (Phi) is 4.01. The standard InChI is InChI=1S/C17H12ClN7O3/c18-8-3-1-7(2-4-8)14-12-13(21)9(6-19)16(27)28-15(12)23-17(22-14)25-11(26)5-10(20)24-25/h1-5,12,14,24H,20-21H2. The van der Waals surface area contributed by atoms with Gasteiger partial charge in [0, 0.05) is 16.8 Å². The Morgan fingerprint density at radius 2 is 1.96 bits per heavy atom. The van der Waals surface area contributed by atoms with Crippen molar-refractivity contribution < 1.29 is 9.53 Å². The first-order valence-electron chi connectivity index (χ1n) is 8.00. The van der Waals surface area contributed by atoms with E-state index in [1.54, 1.807) is 30.3 Å². The highest BCUT2D eigenvalue weighted by Gasteiger charge is 2.43. The number of hydrogen-bond donors (Lipinski definition) is 3. The van der Waals surface area contributed by atoms with E-state index in [0.29, 0.717) is 10.6 Å². The second kappa shape index (κ2) is 6.40. The van der Waals surface area contributed by atoms with Crippen LogP contribution in [0, 0.1) is 17.2 Å². The fourth-order valence-corrected chi connectivity index (χ4v) is 3.17. The molecule has 1 aromatic heterocycles. The molecule has 4 rings (SSSR count). The Hall–Kier alpha value is -3.84. The van der Waals surface area contributed by atoms with Crippen LogP contribution in [0.2, 0.25) is 5.02 Å². The van der Waals surface area contributed by atoms with Crippen LogP contribution in [-0.2, 0) is 9.53 Å². The van der Waals surface area contributed by atoms with Gasteiger partial charge in [0.2, 0.25) is 5.90 Å². The van der Waals surface area contributed by atoms with E-state index in [4.69, 9.17) is 27.8 Å². The molecule has 1 aromatic carbocycles. The number of carbonyl (C=O) groups excluding carboxylic acids is 1. The molecule has 2 aliphatic rings. The first-order chi connectivity index (χ1) is 13.4. The minimum atomic E-state index is -0.913. The second-order valence-electron chi connectivity index (χ2n) is 6.07. The van der Waals surface area contributed by atoms with Crippen LogP contribution in [0.5, 0.6) is 0 Å². The third-order valence-corrected chi connectivity index (χ3v) is 4.59. The minimum absolute atomic E-state index is 0.00130. The number of nitrogens with two attached hydrogens (primary N) is 2. The number of aromatic amines is 1. The quantitative estimate of drug-likeness (QED) is 0.598. The second-order valence-corrected chi connectivity index (χ2v) is 6.51. The Morgan fingerprint density at radius 3 is 2.57 bits per heavy atom. The number of fused-ring (bicyclic) bond motifs is 1. The van der Waals surface area contributed by atoms with Crippen LogP contribution in [0.25, 0.3) is 0 Å². The van der Waals surface area contributed by atoms with Crippen molar-refractivity contribution in [3.8, 4) is 6.07 Å². The lowest BCUT2D eigenvalue weighted by Gasteiger charge is -2.32. The molecule has 10 nitrogen and oxygen atoms in total. The Morgan fingerprint density at radius 1 is 1.25 bits per heavy atom. The van der Waals surface area contributed by atoms with E-state index in [2.05, 4.69) is 15.1 Å². The van der Waals surface area contributed by atoms with Gasteiger partial charge in [0.25, 0.3) is 11.5 Å². The zero-order chi connectivity index (χ0) is 20.0. The Balaban J connectivity index is 1.92. The van der Waals surface area contributed by atoms with E-state index in [1.807, 2.05) is 0 Å². The van der Waals surface area contributed by atoms with Crippen LogP contribution in [0.15, 0.2) is 56.4 Å². The topological polar surface area (TPSA) is 165 Å². The van der Waals surface area contributed by atoms with Gasteiger partial charge < -0.3 is 16.2 Å². The lowest BCUT2D eigenvalue weighted by atomic mass is 9.86. The number of nitrogen functional groups attached to an aromatic ring is 1. The largest absolute Gasteiger partial charge is 0.406 e. The van der Waals surface area contributed by atoms with Crippen LogP contribution in [-0.4, -0.2) is 27.6 Å². The zero-order valence-electron chi connectivity index (χ0n) is 14.1. The summed E-state index contributed by atoms with van der Waals surface area (Å²) in [4.78, 5) is 32.9. The van der Waals surface area contributed by atoms with Gasteiger partial charge in [0.05, 0.1) is 6.04 Å². The third-order valence-electron chi connectivity index (χ3n) is 4.34. The zero-order valence-corrected chi connectivity index (χ0v) is 14.8. The average Bonchev–Trinajstić information content (AvgIpc) is 3.00. The molecule has 0 fully saturated rings. The van der Waals surface area contributed by atoms with Crippen molar-refractivity contribution in [2.45, 2.75) is 6.04 Å². The number of nitrogens with zero attached hydrogens (tertiary/aromatic N) is 4. The van der Waals surface area contributed by atoms with Gasteiger partial charge in [0.1, 0.15) is 17.8 Å². The number of benzene rings is 1. The average molecular weight is 398 g/mol. The van der Waals surface area contributed by atoms with Gasteiger partial charge in [-0.1, -0.05) is 23.7 Å². The number of aromatic nitrogens is 2. The number of aliphatic imine (C=N–C) groups is 2. The predicted octanol–water partition coefficient (Wildman–Crippen LogP) is 0.679. The number of carbonyl (C=O) groups is 1. The summed E-state index contributed by atoms with van der Waals surface area (Å²) in [6.07, 6.45) is 0. The van der Waals surface area contributed by atoms with Gasteiger partial charge in [-0.05, 0) is 17.7 Å². The molecule has 11 heteroatoms. The summed E-state index contributed by atoms with van der Waals surface area (Å²) >= 11 is 5.96. The van der Waals surface area contributed by atoms with Crippen molar-refractivity contribution in [2.24, 2.45) is 21.6 Å². The minimum Gasteiger partial charge on any atom is -0.406 e. The van der Waals surface area contributed by atoms with Crippen molar-refractivity contribution in [1.29, 1.82) is 5.26 Å².